The van der Waals surface area contributed by atoms with Gasteiger partial charge in [0.25, 0.3) is 17.7 Å². The second-order valence-electron chi connectivity index (χ2n) is 6.55. The van der Waals surface area contributed by atoms with Crippen molar-refractivity contribution in [3.8, 4) is 0 Å². The first-order valence-corrected chi connectivity index (χ1v) is 9.49. The zero-order chi connectivity index (χ0) is 18.5. The fourth-order valence-electron chi connectivity index (χ4n) is 3.80. The van der Waals surface area contributed by atoms with E-state index in [9.17, 15) is 14.4 Å². The Kier molecular flexibility index (Phi) is 3.48. The number of hydrogen-bond acceptors (Lipinski definition) is 4. The van der Waals surface area contributed by atoms with Gasteiger partial charge in [-0.3, -0.25) is 14.4 Å². The van der Waals surface area contributed by atoms with Crippen molar-refractivity contribution in [1.29, 1.82) is 0 Å². The third kappa shape index (κ3) is 2.27. The Morgan fingerprint density at radius 1 is 0.778 bits per heavy atom. The van der Waals surface area contributed by atoms with Gasteiger partial charge in [0.2, 0.25) is 0 Å². The van der Waals surface area contributed by atoms with Crippen molar-refractivity contribution in [3.05, 3.63) is 93.2 Å². The van der Waals surface area contributed by atoms with E-state index in [2.05, 4.69) is 0 Å². The van der Waals surface area contributed by atoms with Crippen molar-refractivity contribution in [2.75, 3.05) is 0 Å². The van der Waals surface area contributed by atoms with Crippen LogP contribution in [0.15, 0.2) is 65.4 Å². The average Bonchev–Trinajstić information content (AvgIpc) is 3.36. The maximum absolute atomic E-state index is 13.1. The van der Waals surface area contributed by atoms with E-state index in [0.717, 1.165) is 5.56 Å². The van der Waals surface area contributed by atoms with Gasteiger partial charge in [-0.15, -0.1) is 0 Å². The highest BCUT2D eigenvalue weighted by Gasteiger charge is 2.48. The molecule has 27 heavy (non-hydrogen) atoms. The van der Waals surface area contributed by atoms with Gasteiger partial charge in [-0.25, -0.2) is 4.90 Å². The van der Waals surface area contributed by atoms with Gasteiger partial charge < -0.3 is 4.90 Å². The van der Waals surface area contributed by atoms with Crippen molar-refractivity contribution in [2.24, 2.45) is 0 Å². The van der Waals surface area contributed by atoms with E-state index in [4.69, 9.17) is 0 Å². The summed E-state index contributed by atoms with van der Waals surface area (Å²) in [6.07, 6.45) is -0.735. The summed E-state index contributed by atoms with van der Waals surface area (Å²) in [5.41, 5.74) is 2.97. The summed E-state index contributed by atoms with van der Waals surface area (Å²) >= 11 is 1.55. The van der Waals surface area contributed by atoms with Crippen LogP contribution in [-0.2, 0) is 6.54 Å². The van der Waals surface area contributed by atoms with E-state index in [1.807, 2.05) is 29.0 Å². The molecule has 2 aliphatic heterocycles. The van der Waals surface area contributed by atoms with E-state index in [-0.39, 0.29) is 17.7 Å². The minimum atomic E-state index is -0.735. The van der Waals surface area contributed by atoms with Crippen LogP contribution in [0.5, 0.6) is 0 Å². The molecule has 3 heterocycles. The fourth-order valence-corrected chi connectivity index (χ4v) is 4.46. The molecule has 0 spiro atoms. The lowest BCUT2D eigenvalue weighted by molar-refractivity contribution is 0.0309. The Bertz CT molecular complexity index is 1060. The van der Waals surface area contributed by atoms with Crippen molar-refractivity contribution >= 4 is 29.1 Å². The number of fused-ring (bicyclic) bond motifs is 2. The molecule has 0 bridgehead atoms. The first kappa shape index (κ1) is 16.0. The van der Waals surface area contributed by atoms with Crippen LogP contribution in [0.2, 0.25) is 0 Å². The van der Waals surface area contributed by atoms with E-state index in [1.54, 1.807) is 52.6 Å². The summed E-state index contributed by atoms with van der Waals surface area (Å²) in [7, 11) is 0. The molecule has 1 unspecified atom stereocenters. The molecule has 3 aromatic rings. The van der Waals surface area contributed by atoms with Gasteiger partial charge in [0, 0.05) is 17.7 Å². The Hall–Kier alpha value is -3.25. The van der Waals surface area contributed by atoms with Crippen molar-refractivity contribution in [2.45, 2.75) is 12.7 Å². The smallest absolute Gasteiger partial charge is 0.263 e. The lowest BCUT2D eigenvalue weighted by Gasteiger charge is -2.31. The standard InChI is InChI=1S/C21H14N2O3S/c24-19-15-6-2-1-5-14(15)18(22(19)11-13-9-10-27-12-13)23-20(25)16-7-3-4-8-17(16)21(23)26/h1-10,12,18H,11H2. The minimum Gasteiger partial charge on any atom is -0.309 e. The second kappa shape index (κ2) is 5.89. The van der Waals surface area contributed by atoms with E-state index in [0.29, 0.717) is 28.8 Å². The number of carbonyl (C=O) groups excluding carboxylic acids is 3. The molecule has 3 amide bonds. The van der Waals surface area contributed by atoms with Gasteiger partial charge in [0.05, 0.1) is 11.1 Å². The predicted molar refractivity (Wildman–Crippen MR) is 100 cm³/mol. The normalized spacial score (nSPS) is 18.2. The number of nitrogens with zero attached hydrogens (tertiary/aromatic N) is 2. The minimum absolute atomic E-state index is 0.168. The molecular formula is C21H14N2O3S. The molecule has 1 atom stereocenters. The van der Waals surface area contributed by atoms with Crippen LogP contribution >= 0.6 is 11.3 Å². The second-order valence-corrected chi connectivity index (χ2v) is 7.33. The number of imide groups is 1. The molecule has 0 radical (unpaired) electrons. The lowest BCUT2D eigenvalue weighted by Crippen LogP contribution is -2.42. The van der Waals surface area contributed by atoms with Gasteiger partial charge in [-0.2, -0.15) is 11.3 Å². The lowest BCUT2D eigenvalue weighted by atomic mass is 10.1. The highest BCUT2D eigenvalue weighted by Crippen LogP contribution is 2.41. The van der Waals surface area contributed by atoms with E-state index >= 15 is 0 Å². The van der Waals surface area contributed by atoms with Crippen LogP contribution < -0.4 is 0 Å². The number of hydrogen-bond donors (Lipinski definition) is 0. The molecule has 6 heteroatoms. The van der Waals surface area contributed by atoms with Gasteiger partial charge in [-0.1, -0.05) is 30.3 Å². The van der Waals surface area contributed by atoms with Crippen LogP contribution in [-0.4, -0.2) is 27.5 Å². The third-order valence-corrected chi connectivity index (χ3v) is 5.76. The highest BCUT2D eigenvalue weighted by molar-refractivity contribution is 7.07. The van der Waals surface area contributed by atoms with E-state index in [1.165, 1.54) is 4.90 Å². The topological polar surface area (TPSA) is 57.7 Å². The molecule has 0 aliphatic carbocycles. The van der Waals surface area contributed by atoms with E-state index < -0.39 is 6.17 Å². The molecule has 5 rings (SSSR count). The molecule has 0 N–H and O–H groups in total. The molecule has 0 saturated heterocycles. The number of carbonyl (C=O) groups is 3. The van der Waals surface area contributed by atoms with Crippen LogP contribution in [0, 0.1) is 0 Å². The zero-order valence-corrected chi connectivity index (χ0v) is 15.0. The monoisotopic (exact) mass is 374 g/mol. The highest BCUT2D eigenvalue weighted by atomic mass is 32.1. The summed E-state index contributed by atoms with van der Waals surface area (Å²) in [6, 6.07) is 15.9. The summed E-state index contributed by atoms with van der Waals surface area (Å²) in [4.78, 5) is 41.9. The molecule has 1 aromatic heterocycles. The fraction of sp³-hybridized carbons (Fsp3) is 0.0952. The molecule has 0 saturated carbocycles. The van der Waals surface area contributed by atoms with Crippen molar-refractivity contribution in [1.82, 2.24) is 9.80 Å². The maximum atomic E-state index is 13.1. The molecule has 0 fully saturated rings. The molecule has 132 valence electrons. The van der Waals surface area contributed by atoms with Gasteiger partial charge in [0.15, 0.2) is 0 Å². The van der Waals surface area contributed by atoms with Gasteiger partial charge >= 0.3 is 0 Å². The van der Waals surface area contributed by atoms with Gasteiger partial charge in [0.1, 0.15) is 6.17 Å². The van der Waals surface area contributed by atoms with Crippen LogP contribution in [0.1, 0.15) is 48.4 Å². The Morgan fingerprint density at radius 3 is 2.04 bits per heavy atom. The third-order valence-electron chi connectivity index (χ3n) is 5.03. The SMILES string of the molecule is O=C1c2ccccc2C(N2C(=O)c3ccccc3C2=O)N1Cc1ccsc1. The molecule has 5 nitrogen and oxygen atoms in total. The number of benzene rings is 2. The predicted octanol–water partition coefficient (Wildman–Crippen LogP) is 3.70. The number of rotatable bonds is 3. The Morgan fingerprint density at radius 2 is 1.41 bits per heavy atom. The zero-order valence-electron chi connectivity index (χ0n) is 14.2. The summed E-state index contributed by atoms with van der Waals surface area (Å²) < 4.78 is 0. The number of amides is 3. The van der Waals surface area contributed by atoms with Crippen molar-refractivity contribution < 1.29 is 14.4 Å². The molecule has 2 aromatic carbocycles. The number of thiophene rings is 1. The van der Waals surface area contributed by atoms with Crippen molar-refractivity contribution in [3.63, 3.8) is 0 Å². The largest absolute Gasteiger partial charge is 0.309 e. The first-order chi connectivity index (χ1) is 13.2. The van der Waals surface area contributed by atoms with Crippen LogP contribution in [0.25, 0.3) is 0 Å². The summed E-state index contributed by atoms with van der Waals surface area (Å²) in [6.45, 7) is 0.342. The van der Waals surface area contributed by atoms with Crippen LogP contribution in [0.3, 0.4) is 0 Å². The summed E-state index contributed by atoms with van der Waals surface area (Å²) in [5, 5.41) is 3.91. The average molecular weight is 374 g/mol. The Balaban J connectivity index is 1.63. The molecule has 2 aliphatic rings. The molecular weight excluding hydrogens is 360 g/mol. The quantitative estimate of drug-likeness (QED) is 0.657. The maximum Gasteiger partial charge on any atom is 0.263 e. The van der Waals surface area contributed by atoms with Gasteiger partial charge in [-0.05, 0) is 40.6 Å². The summed E-state index contributed by atoms with van der Waals surface area (Å²) in [5.74, 6) is -0.890. The Labute approximate surface area is 159 Å². The van der Waals surface area contributed by atoms with Crippen LogP contribution in [0.4, 0.5) is 0 Å². The first-order valence-electron chi connectivity index (χ1n) is 8.54.